The zero-order valence-corrected chi connectivity index (χ0v) is 33.6. The van der Waals surface area contributed by atoms with Crippen molar-refractivity contribution in [2.45, 2.75) is 154 Å². The first kappa shape index (κ1) is 50.4. The van der Waals surface area contributed by atoms with Crippen molar-refractivity contribution in [3.8, 4) is 0 Å². The first-order valence-electron chi connectivity index (χ1n) is 19.9. The number of hydrogen-bond donors (Lipinski definition) is 3. The van der Waals surface area contributed by atoms with E-state index in [-0.39, 0.29) is 19.4 Å². The van der Waals surface area contributed by atoms with Crippen LogP contribution in [0.4, 0.5) is 0 Å². The van der Waals surface area contributed by atoms with Crippen LogP contribution in [-0.2, 0) is 32.7 Å². The Labute approximate surface area is 320 Å². The van der Waals surface area contributed by atoms with E-state index in [1.165, 1.54) is 51.4 Å². The molecule has 3 atom stereocenters. The van der Waals surface area contributed by atoms with Crippen LogP contribution in [0.2, 0.25) is 0 Å². The maximum absolute atomic E-state index is 12.5. The quantitative estimate of drug-likeness (QED) is 0.0243. The lowest BCUT2D eigenvalue weighted by Gasteiger charge is -2.20. The van der Waals surface area contributed by atoms with E-state index in [4.69, 9.17) is 19.1 Å². The second-order valence-electron chi connectivity index (χ2n) is 12.9. The summed E-state index contributed by atoms with van der Waals surface area (Å²) in [4.78, 5) is 34.8. The number of aliphatic hydroxyl groups is 2. The molecule has 0 heterocycles. The molecule has 0 saturated heterocycles. The lowest BCUT2D eigenvalue weighted by Crippen LogP contribution is -2.29. The van der Waals surface area contributed by atoms with E-state index in [0.29, 0.717) is 12.8 Å². The van der Waals surface area contributed by atoms with Crippen molar-refractivity contribution in [2.24, 2.45) is 0 Å². The highest BCUT2D eigenvalue weighted by atomic mass is 31.2. The third-order valence-electron chi connectivity index (χ3n) is 7.88. The molecule has 0 amide bonds. The Hall–Kier alpha value is -2.59. The molecule has 3 N–H and O–H groups in total. The predicted octanol–water partition coefficient (Wildman–Crippen LogP) is 10.1. The van der Waals surface area contributed by atoms with Gasteiger partial charge in [0.1, 0.15) is 12.7 Å². The van der Waals surface area contributed by atoms with Gasteiger partial charge in [0.15, 0.2) is 6.10 Å². The van der Waals surface area contributed by atoms with E-state index >= 15 is 0 Å². The Balaban J connectivity index is 4.50. The van der Waals surface area contributed by atoms with Crippen LogP contribution in [0.25, 0.3) is 0 Å². The minimum absolute atomic E-state index is 0.00850. The van der Waals surface area contributed by atoms with Gasteiger partial charge in [-0.2, -0.15) is 0 Å². The predicted molar refractivity (Wildman–Crippen MR) is 214 cm³/mol. The third-order valence-corrected chi connectivity index (χ3v) is 8.83. The van der Waals surface area contributed by atoms with Crippen LogP contribution in [-0.4, -0.2) is 65.7 Å². The summed E-state index contributed by atoms with van der Waals surface area (Å²) in [6, 6.07) is 0. The molecule has 304 valence electrons. The van der Waals surface area contributed by atoms with Crippen molar-refractivity contribution in [2.75, 3.05) is 26.4 Å². The zero-order chi connectivity index (χ0) is 39.1. The lowest BCUT2D eigenvalue weighted by molar-refractivity contribution is -0.160. The van der Waals surface area contributed by atoms with Crippen LogP contribution in [0.5, 0.6) is 0 Å². The first-order valence-corrected chi connectivity index (χ1v) is 21.4. The molecule has 0 aliphatic carbocycles. The Morgan fingerprint density at radius 2 is 1.09 bits per heavy atom. The van der Waals surface area contributed by atoms with Gasteiger partial charge >= 0.3 is 19.8 Å². The summed E-state index contributed by atoms with van der Waals surface area (Å²) in [6.45, 7) is 2.11. The molecule has 0 aromatic heterocycles. The summed E-state index contributed by atoms with van der Waals surface area (Å²) >= 11 is 0. The van der Waals surface area contributed by atoms with Gasteiger partial charge in [0.05, 0.1) is 26.2 Å². The number of rotatable bonds is 36. The number of aliphatic hydroxyl groups excluding tert-OH is 2. The van der Waals surface area contributed by atoms with Gasteiger partial charge in [-0.1, -0.05) is 145 Å². The fraction of sp³-hybridized carbons (Fsp3) is 0.667. The van der Waals surface area contributed by atoms with Gasteiger partial charge < -0.3 is 24.6 Å². The van der Waals surface area contributed by atoms with Crippen molar-refractivity contribution in [1.82, 2.24) is 0 Å². The Kier molecular flexibility index (Phi) is 35.9. The highest BCUT2D eigenvalue weighted by Crippen LogP contribution is 2.43. The second-order valence-corrected chi connectivity index (χ2v) is 14.4. The number of unbranched alkanes of at least 4 members (excludes halogenated alkanes) is 11. The van der Waals surface area contributed by atoms with E-state index in [2.05, 4.69) is 67.0 Å². The van der Waals surface area contributed by atoms with Gasteiger partial charge in [-0.3, -0.25) is 18.6 Å². The molecule has 0 aromatic rings. The minimum atomic E-state index is -4.64. The molecule has 0 aliphatic rings. The summed E-state index contributed by atoms with van der Waals surface area (Å²) in [5.41, 5.74) is 0. The standard InChI is InChI=1S/C42H71O10P/c1-3-5-7-9-11-13-15-17-18-19-20-22-23-25-27-29-31-33-41(45)49-37-40(38-51-53(47,48)50-36-39(44)35-43)52-42(46)34-32-30-28-26-24-21-16-14-12-10-8-6-4-2/h5,7,11,13,17-18,20,22,25,27,30,32,39-40,43-44H,3-4,6,8-10,12,14-16,19,21,23-24,26,28-29,31,33-38H2,1-2H3,(H,47,48)/t39-,40-/m1/s1. The molecule has 53 heavy (non-hydrogen) atoms. The second kappa shape index (κ2) is 37.7. The number of phosphoric ester groups is 1. The SMILES string of the molecule is CCC=CCC=CCC=CCC=CCC=CCCCC(=O)OC[C@H](COP(=O)(O)OC[C@H](O)CO)OC(=O)CC=CCCCCCCCCCCCC. The van der Waals surface area contributed by atoms with Gasteiger partial charge in [-0.05, 0) is 57.8 Å². The van der Waals surface area contributed by atoms with Crippen molar-refractivity contribution in [3.05, 3.63) is 72.9 Å². The van der Waals surface area contributed by atoms with Crippen molar-refractivity contribution in [3.63, 3.8) is 0 Å². The molecule has 10 nitrogen and oxygen atoms in total. The number of esters is 2. The largest absolute Gasteiger partial charge is 0.472 e. The van der Waals surface area contributed by atoms with Crippen LogP contribution in [0, 0.1) is 0 Å². The minimum Gasteiger partial charge on any atom is -0.462 e. The smallest absolute Gasteiger partial charge is 0.462 e. The number of carbonyl (C=O) groups excluding carboxylic acids is 2. The number of phosphoric acid groups is 1. The highest BCUT2D eigenvalue weighted by molar-refractivity contribution is 7.47. The summed E-state index contributed by atoms with van der Waals surface area (Å²) < 4.78 is 32.5. The van der Waals surface area contributed by atoms with E-state index in [1.807, 2.05) is 18.2 Å². The number of ether oxygens (including phenoxy) is 2. The fourth-order valence-electron chi connectivity index (χ4n) is 4.84. The van der Waals surface area contributed by atoms with Crippen LogP contribution in [0.3, 0.4) is 0 Å². The Bertz CT molecular complexity index is 1110. The van der Waals surface area contributed by atoms with Gasteiger partial charge in [0.25, 0.3) is 0 Å². The third kappa shape index (κ3) is 37.5. The molecule has 0 rings (SSSR count). The molecule has 11 heteroatoms. The first-order chi connectivity index (χ1) is 25.7. The maximum Gasteiger partial charge on any atom is 0.472 e. The number of hydrogen-bond acceptors (Lipinski definition) is 9. The van der Waals surface area contributed by atoms with Gasteiger partial charge in [-0.25, -0.2) is 4.57 Å². The molecule has 0 aromatic carbocycles. The van der Waals surface area contributed by atoms with Crippen LogP contribution < -0.4 is 0 Å². The highest BCUT2D eigenvalue weighted by Gasteiger charge is 2.27. The van der Waals surface area contributed by atoms with Crippen LogP contribution in [0.15, 0.2) is 72.9 Å². The maximum atomic E-state index is 12.5. The normalized spacial score (nSPS) is 14.7. The molecular weight excluding hydrogens is 695 g/mol. The van der Waals surface area contributed by atoms with E-state index in [0.717, 1.165) is 51.4 Å². The van der Waals surface area contributed by atoms with Crippen molar-refractivity contribution >= 4 is 19.8 Å². The van der Waals surface area contributed by atoms with Crippen LogP contribution >= 0.6 is 7.82 Å². The van der Waals surface area contributed by atoms with Gasteiger partial charge in [0.2, 0.25) is 0 Å². The van der Waals surface area contributed by atoms with E-state index in [1.54, 1.807) is 6.08 Å². The van der Waals surface area contributed by atoms with Crippen molar-refractivity contribution in [1.29, 1.82) is 0 Å². The van der Waals surface area contributed by atoms with E-state index < -0.39 is 51.8 Å². The monoisotopic (exact) mass is 766 g/mol. The molecule has 0 spiro atoms. The molecule has 0 bridgehead atoms. The summed E-state index contributed by atoms with van der Waals surface area (Å²) in [7, 11) is -4.64. The molecule has 0 radical (unpaired) electrons. The van der Waals surface area contributed by atoms with Crippen LogP contribution in [0.1, 0.15) is 142 Å². The molecule has 0 aliphatic heterocycles. The average Bonchev–Trinajstić information content (AvgIpc) is 3.14. The average molecular weight is 767 g/mol. The van der Waals surface area contributed by atoms with Crippen molar-refractivity contribution < 1.29 is 47.8 Å². The van der Waals surface area contributed by atoms with Gasteiger partial charge in [0, 0.05) is 6.42 Å². The molecule has 0 saturated carbocycles. The fourth-order valence-corrected chi connectivity index (χ4v) is 5.63. The molecule has 0 fully saturated rings. The molecular formula is C42H71O10P. The summed E-state index contributed by atoms with van der Waals surface area (Å²) in [5.74, 6) is -1.10. The molecule has 1 unspecified atom stereocenters. The zero-order valence-electron chi connectivity index (χ0n) is 32.7. The summed E-state index contributed by atoms with van der Waals surface area (Å²) in [5, 5.41) is 18.3. The topological polar surface area (TPSA) is 149 Å². The number of allylic oxidation sites excluding steroid dienone is 11. The Morgan fingerprint density at radius 3 is 1.66 bits per heavy atom. The van der Waals surface area contributed by atoms with Gasteiger partial charge in [-0.15, -0.1) is 0 Å². The van der Waals surface area contributed by atoms with E-state index in [9.17, 15) is 24.2 Å². The number of carbonyl (C=O) groups is 2. The lowest BCUT2D eigenvalue weighted by atomic mass is 10.1. The summed E-state index contributed by atoms with van der Waals surface area (Å²) in [6.07, 6.45) is 41.9. The Morgan fingerprint density at radius 1 is 0.604 bits per heavy atom.